The van der Waals surface area contributed by atoms with Gasteiger partial charge in [-0.05, 0) is 77.2 Å². The van der Waals surface area contributed by atoms with Crippen LogP contribution in [0, 0.1) is 26.6 Å². The van der Waals surface area contributed by atoms with Gasteiger partial charge in [0.2, 0.25) is 0 Å². The molecule has 0 heterocycles. The molecule has 2 aromatic carbocycles. The first-order valence-electron chi connectivity index (χ1n) is 6.23. The molecule has 0 aliphatic rings. The number of hydrogen-bond acceptors (Lipinski definition) is 1. The largest absolute Gasteiger partial charge is 0.381 e. The Morgan fingerprint density at radius 3 is 2.37 bits per heavy atom. The summed E-state index contributed by atoms with van der Waals surface area (Å²) in [7, 11) is 0. The summed E-state index contributed by atoms with van der Waals surface area (Å²) in [4.78, 5) is 0. The van der Waals surface area contributed by atoms with Gasteiger partial charge in [-0.3, -0.25) is 0 Å². The van der Waals surface area contributed by atoms with Crippen molar-refractivity contribution in [1.29, 1.82) is 0 Å². The standard InChI is InChI=1S/C16H17BrFN/c1-10-6-12(3)13(7-11(10)2)9-19-14-4-5-15(17)16(18)8-14/h4-8,19H,9H2,1-3H3. The molecule has 19 heavy (non-hydrogen) atoms. The minimum absolute atomic E-state index is 0.248. The summed E-state index contributed by atoms with van der Waals surface area (Å²) in [5.74, 6) is -0.248. The normalized spacial score (nSPS) is 10.6. The summed E-state index contributed by atoms with van der Waals surface area (Å²) in [6.07, 6.45) is 0. The molecule has 0 atom stereocenters. The van der Waals surface area contributed by atoms with Crippen LogP contribution in [0.25, 0.3) is 0 Å². The first-order chi connectivity index (χ1) is 8.97. The maximum atomic E-state index is 13.4. The van der Waals surface area contributed by atoms with Crippen molar-refractivity contribution in [3.05, 3.63) is 62.9 Å². The Bertz CT molecular complexity index is 608. The first-order valence-corrected chi connectivity index (χ1v) is 7.02. The van der Waals surface area contributed by atoms with Gasteiger partial charge >= 0.3 is 0 Å². The summed E-state index contributed by atoms with van der Waals surface area (Å²) >= 11 is 3.15. The Balaban J connectivity index is 2.14. The second kappa shape index (κ2) is 5.74. The molecule has 2 aromatic rings. The lowest BCUT2D eigenvalue weighted by Gasteiger charge is -2.12. The third kappa shape index (κ3) is 3.35. The summed E-state index contributed by atoms with van der Waals surface area (Å²) < 4.78 is 13.9. The fourth-order valence-electron chi connectivity index (χ4n) is 2.01. The zero-order valence-corrected chi connectivity index (χ0v) is 12.9. The van der Waals surface area contributed by atoms with Gasteiger partial charge in [0, 0.05) is 12.2 Å². The predicted octanol–water partition coefficient (Wildman–Crippen LogP) is 5.13. The first kappa shape index (κ1) is 14.1. The Morgan fingerprint density at radius 1 is 1.00 bits per heavy atom. The summed E-state index contributed by atoms with van der Waals surface area (Å²) in [6, 6.07) is 9.45. The zero-order chi connectivity index (χ0) is 14.0. The van der Waals surface area contributed by atoms with Crippen LogP contribution in [0.4, 0.5) is 10.1 Å². The lowest BCUT2D eigenvalue weighted by Crippen LogP contribution is -2.03. The van der Waals surface area contributed by atoms with E-state index in [4.69, 9.17) is 0 Å². The molecule has 0 aliphatic heterocycles. The second-order valence-corrected chi connectivity index (χ2v) is 5.70. The van der Waals surface area contributed by atoms with Crippen LogP contribution in [-0.2, 0) is 6.54 Å². The van der Waals surface area contributed by atoms with Crippen LogP contribution in [0.15, 0.2) is 34.8 Å². The molecule has 0 radical (unpaired) electrons. The summed E-state index contributed by atoms with van der Waals surface area (Å²) in [6.45, 7) is 7.03. The molecule has 0 aliphatic carbocycles. The van der Waals surface area contributed by atoms with Gasteiger partial charge in [-0.15, -0.1) is 0 Å². The minimum atomic E-state index is -0.248. The van der Waals surface area contributed by atoms with Gasteiger partial charge in [-0.1, -0.05) is 12.1 Å². The van der Waals surface area contributed by atoms with Crippen LogP contribution in [-0.4, -0.2) is 0 Å². The van der Waals surface area contributed by atoms with Crippen LogP contribution in [0.3, 0.4) is 0 Å². The monoisotopic (exact) mass is 321 g/mol. The highest BCUT2D eigenvalue weighted by atomic mass is 79.9. The van der Waals surface area contributed by atoms with Gasteiger partial charge in [0.1, 0.15) is 5.82 Å². The maximum absolute atomic E-state index is 13.4. The quantitative estimate of drug-likeness (QED) is 0.826. The fourth-order valence-corrected chi connectivity index (χ4v) is 2.26. The molecule has 2 rings (SSSR count). The number of aryl methyl sites for hydroxylation is 3. The molecule has 0 saturated heterocycles. The molecule has 1 nitrogen and oxygen atoms in total. The molecular weight excluding hydrogens is 305 g/mol. The van der Waals surface area contributed by atoms with Crippen molar-refractivity contribution < 1.29 is 4.39 Å². The summed E-state index contributed by atoms with van der Waals surface area (Å²) in [5, 5.41) is 3.26. The number of hydrogen-bond donors (Lipinski definition) is 1. The third-order valence-electron chi connectivity index (χ3n) is 3.35. The molecule has 100 valence electrons. The van der Waals surface area contributed by atoms with E-state index in [0.29, 0.717) is 11.0 Å². The van der Waals surface area contributed by atoms with E-state index >= 15 is 0 Å². The van der Waals surface area contributed by atoms with E-state index in [9.17, 15) is 4.39 Å². The van der Waals surface area contributed by atoms with Crippen molar-refractivity contribution in [3.8, 4) is 0 Å². The number of rotatable bonds is 3. The van der Waals surface area contributed by atoms with Crippen LogP contribution in [0.1, 0.15) is 22.3 Å². The van der Waals surface area contributed by atoms with E-state index in [2.05, 4.69) is 54.2 Å². The number of anilines is 1. The Morgan fingerprint density at radius 2 is 1.68 bits per heavy atom. The highest BCUT2D eigenvalue weighted by Gasteiger charge is 2.04. The second-order valence-electron chi connectivity index (χ2n) is 4.85. The Labute approximate surface area is 122 Å². The van der Waals surface area contributed by atoms with Gasteiger partial charge in [0.25, 0.3) is 0 Å². The van der Waals surface area contributed by atoms with E-state index < -0.39 is 0 Å². The number of benzene rings is 2. The zero-order valence-electron chi connectivity index (χ0n) is 11.3. The smallest absolute Gasteiger partial charge is 0.139 e. The van der Waals surface area contributed by atoms with E-state index in [-0.39, 0.29) is 5.82 Å². The van der Waals surface area contributed by atoms with E-state index in [1.54, 1.807) is 6.07 Å². The highest BCUT2D eigenvalue weighted by Crippen LogP contribution is 2.21. The molecule has 0 fully saturated rings. The van der Waals surface area contributed by atoms with Crippen molar-refractivity contribution in [2.75, 3.05) is 5.32 Å². The molecule has 0 saturated carbocycles. The molecular formula is C16H17BrFN. The highest BCUT2D eigenvalue weighted by molar-refractivity contribution is 9.10. The van der Waals surface area contributed by atoms with Crippen molar-refractivity contribution in [2.24, 2.45) is 0 Å². The van der Waals surface area contributed by atoms with Crippen LogP contribution < -0.4 is 5.32 Å². The molecule has 0 aromatic heterocycles. The SMILES string of the molecule is Cc1cc(C)c(CNc2ccc(Br)c(F)c2)cc1C. The third-order valence-corrected chi connectivity index (χ3v) is 4.00. The van der Waals surface area contributed by atoms with Gasteiger partial charge in [-0.2, -0.15) is 0 Å². The Hall–Kier alpha value is -1.35. The van der Waals surface area contributed by atoms with Crippen molar-refractivity contribution in [1.82, 2.24) is 0 Å². The van der Waals surface area contributed by atoms with E-state index in [1.807, 2.05) is 6.07 Å². The molecule has 1 N–H and O–H groups in total. The fraction of sp³-hybridized carbons (Fsp3) is 0.250. The lowest BCUT2D eigenvalue weighted by atomic mass is 10.0. The molecule has 0 spiro atoms. The number of halogens is 2. The van der Waals surface area contributed by atoms with Crippen molar-refractivity contribution in [2.45, 2.75) is 27.3 Å². The van der Waals surface area contributed by atoms with Crippen molar-refractivity contribution in [3.63, 3.8) is 0 Å². The minimum Gasteiger partial charge on any atom is -0.381 e. The lowest BCUT2D eigenvalue weighted by molar-refractivity contribution is 0.621. The Kier molecular flexibility index (Phi) is 4.25. The van der Waals surface area contributed by atoms with Crippen LogP contribution >= 0.6 is 15.9 Å². The topological polar surface area (TPSA) is 12.0 Å². The molecule has 3 heteroatoms. The van der Waals surface area contributed by atoms with Crippen molar-refractivity contribution >= 4 is 21.6 Å². The number of nitrogens with one attached hydrogen (secondary N) is 1. The van der Waals surface area contributed by atoms with Gasteiger partial charge in [0.05, 0.1) is 4.47 Å². The molecule has 0 unspecified atom stereocenters. The van der Waals surface area contributed by atoms with Crippen LogP contribution in [0.2, 0.25) is 0 Å². The van der Waals surface area contributed by atoms with Crippen LogP contribution in [0.5, 0.6) is 0 Å². The summed E-state index contributed by atoms with van der Waals surface area (Å²) in [5.41, 5.74) is 5.87. The van der Waals surface area contributed by atoms with Gasteiger partial charge in [-0.25, -0.2) is 4.39 Å². The van der Waals surface area contributed by atoms with Gasteiger partial charge in [0.15, 0.2) is 0 Å². The average molecular weight is 322 g/mol. The molecule has 0 amide bonds. The average Bonchev–Trinajstić information content (AvgIpc) is 2.36. The van der Waals surface area contributed by atoms with Gasteiger partial charge < -0.3 is 5.32 Å². The van der Waals surface area contributed by atoms with E-state index in [1.165, 1.54) is 28.3 Å². The maximum Gasteiger partial charge on any atom is 0.139 e. The molecule has 0 bridgehead atoms. The van der Waals surface area contributed by atoms with E-state index in [0.717, 1.165) is 5.69 Å². The predicted molar refractivity (Wildman–Crippen MR) is 82.1 cm³/mol.